The maximum Gasteiger partial charge on any atom is 0.240 e. The fourth-order valence-electron chi connectivity index (χ4n) is 1.64. The molecule has 2 N–H and O–H groups in total. The first-order valence-electron chi connectivity index (χ1n) is 5.02. The molecule has 0 bridgehead atoms. The normalized spacial score (nSPS) is 27.9. The highest BCUT2D eigenvalue weighted by Gasteiger charge is 2.36. The van der Waals surface area contributed by atoms with Gasteiger partial charge in [-0.15, -0.1) is 0 Å². The van der Waals surface area contributed by atoms with Crippen LogP contribution < -0.4 is 0 Å². The zero-order valence-corrected chi connectivity index (χ0v) is 8.92. The predicted molar refractivity (Wildman–Crippen MR) is 52.5 cm³/mol. The molecule has 15 heavy (non-hydrogen) atoms. The molecule has 1 amide bonds. The molecule has 0 aromatic rings. The van der Waals surface area contributed by atoms with Gasteiger partial charge in [-0.3, -0.25) is 4.79 Å². The Balaban J connectivity index is 2.66. The van der Waals surface area contributed by atoms with Crippen LogP contribution >= 0.6 is 0 Å². The second-order valence-corrected chi connectivity index (χ2v) is 4.23. The third-order valence-corrected chi connectivity index (χ3v) is 2.64. The van der Waals surface area contributed by atoms with E-state index in [1.54, 1.807) is 13.8 Å². The average Bonchev–Trinajstić information content (AvgIpc) is 2.47. The molecule has 1 aliphatic rings. The van der Waals surface area contributed by atoms with Crippen molar-refractivity contribution >= 4 is 5.91 Å². The Labute approximate surface area is 88.9 Å². The minimum Gasteiger partial charge on any atom is -0.388 e. The monoisotopic (exact) mass is 212 g/mol. The van der Waals surface area contributed by atoms with Gasteiger partial charge in [0, 0.05) is 13.1 Å². The Morgan fingerprint density at radius 3 is 2.20 bits per heavy atom. The largest absolute Gasteiger partial charge is 0.388 e. The SMILES string of the molecule is CC(C)C(C#N)C(=O)N1CC(O)C(O)C1. The molecule has 0 saturated carbocycles. The van der Waals surface area contributed by atoms with Crippen molar-refractivity contribution in [3.63, 3.8) is 0 Å². The van der Waals surface area contributed by atoms with Crippen LogP contribution in [-0.2, 0) is 4.79 Å². The van der Waals surface area contributed by atoms with Crippen LogP contribution in [-0.4, -0.2) is 46.3 Å². The maximum atomic E-state index is 11.8. The summed E-state index contributed by atoms with van der Waals surface area (Å²) < 4.78 is 0. The van der Waals surface area contributed by atoms with Gasteiger partial charge in [-0.2, -0.15) is 5.26 Å². The van der Waals surface area contributed by atoms with Crippen LogP contribution in [0.5, 0.6) is 0 Å². The summed E-state index contributed by atoms with van der Waals surface area (Å²) in [6, 6.07) is 1.95. The standard InChI is InChI=1S/C10H16N2O3/c1-6(2)7(3-11)10(15)12-4-8(13)9(14)5-12/h6-9,13-14H,4-5H2,1-2H3. The number of nitrogens with zero attached hydrogens (tertiary/aromatic N) is 2. The molecular formula is C10H16N2O3. The quantitative estimate of drug-likeness (QED) is 0.636. The molecule has 5 nitrogen and oxygen atoms in total. The summed E-state index contributed by atoms with van der Waals surface area (Å²) in [5.41, 5.74) is 0. The van der Waals surface area contributed by atoms with Crippen molar-refractivity contribution in [2.24, 2.45) is 11.8 Å². The van der Waals surface area contributed by atoms with E-state index in [1.807, 2.05) is 6.07 Å². The first kappa shape index (κ1) is 12.0. The molecule has 1 heterocycles. The molecular weight excluding hydrogens is 196 g/mol. The molecule has 1 fully saturated rings. The number of nitriles is 1. The van der Waals surface area contributed by atoms with Crippen molar-refractivity contribution in [1.82, 2.24) is 4.90 Å². The van der Waals surface area contributed by atoms with Crippen LogP contribution in [0.1, 0.15) is 13.8 Å². The van der Waals surface area contributed by atoms with Gasteiger partial charge in [0.2, 0.25) is 5.91 Å². The van der Waals surface area contributed by atoms with Crippen LogP contribution in [0.2, 0.25) is 0 Å². The van der Waals surface area contributed by atoms with Crippen LogP contribution in [0.15, 0.2) is 0 Å². The lowest BCUT2D eigenvalue weighted by Gasteiger charge is -2.20. The van der Waals surface area contributed by atoms with Crippen molar-refractivity contribution in [2.75, 3.05) is 13.1 Å². The van der Waals surface area contributed by atoms with Gasteiger partial charge in [0.15, 0.2) is 0 Å². The molecule has 0 spiro atoms. The van der Waals surface area contributed by atoms with Gasteiger partial charge in [-0.05, 0) is 5.92 Å². The first-order chi connectivity index (χ1) is 6.97. The summed E-state index contributed by atoms with van der Waals surface area (Å²) in [5, 5.41) is 27.4. The first-order valence-corrected chi connectivity index (χ1v) is 5.02. The number of rotatable bonds is 2. The lowest BCUT2D eigenvalue weighted by Crippen LogP contribution is -2.36. The topological polar surface area (TPSA) is 84.6 Å². The van der Waals surface area contributed by atoms with E-state index in [0.29, 0.717) is 0 Å². The Hall–Kier alpha value is -1.12. The van der Waals surface area contributed by atoms with Gasteiger partial charge in [-0.25, -0.2) is 0 Å². The van der Waals surface area contributed by atoms with Gasteiger partial charge < -0.3 is 15.1 Å². The lowest BCUT2D eigenvalue weighted by molar-refractivity contribution is -0.134. The van der Waals surface area contributed by atoms with Crippen molar-refractivity contribution in [3.8, 4) is 6.07 Å². The summed E-state index contributed by atoms with van der Waals surface area (Å²) in [7, 11) is 0. The van der Waals surface area contributed by atoms with Crippen LogP contribution in [0, 0.1) is 23.2 Å². The zero-order valence-electron chi connectivity index (χ0n) is 8.92. The average molecular weight is 212 g/mol. The number of amides is 1. The van der Waals surface area contributed by atoms with Crippen molar-refractivity contribution in [1.29, 1.82) is 5.26 Å². The highest BCUT2D eigenvalue weighted by Crippen LogP contribution is 2.18. The summed E-state index contributed by atoms with van der Waals surface area (Å²) >= 11 is 0. The number of carbonyl (C=O) groups excluding carboxylic acids is 1. The van der Waals surface area contributed by atoms with Crippen molar-refractivity contribution in [3.05, 3.63) is 0 Å². The molecule has 84 valence electrons. The van der Waals surface area contributed by atoms with Crippen LogP contribution in [0.25, 0.3) is 0 Å². The summed E-state index contributed by atoms with van der Waals surface area (Å²) in [4.78, 5) is 13.1. The minimum absolute atomic E-state index is 0.0580. The molecule has 3 atom stereocenters. The number of aliphatic hydroxyl groups is 2. The molecule has 1 saturated heterocycles. The Morgan fingerprint density at radius 1 is 1.40 bits per heavy atom. The van der Waals surface area contributed by atoms with E-state index in [0.717, 1.165) is 0 Å². The smallest absolute Gasteiger partial charge is 0.240 e. The molecule has 0 aromatic heterocycles. The molecule has 1 rings (SSSR count). The molecule has 0 radical (unpaired) electrons. The summed E-state index contributed by atoms with van der Waals surface area (Å²) in [6.45, 7) is 3.83. The van der Waals surface area contributed by atoms with E-state index in [-0.39, 0.29) is 24.9 Å². The molecule has 0 aliphatic carbocycles. The van der Waals surface area contributed by atoms with E-state index in [4.69, 9.17) is 5.26 Å². The van der Waals surface area contributed by atoms with E-state index in [2.05, 4.69) is 0 Å². The highest BCUT2D eigenvalue weighted by atomic mass is 16.3. The number of hydrogen-bond acceptors (Lipinski definition) is 4. The van der Waals surface area contributed by atoms with Gasteiger partial charge in [0.1, 0.15) is 5.92 Å². The molecule has 5 heteroatoms. The van der Waals surface area contributed by atoms with Gasteiger partial charge >= 0.3 is 0 Å². The highest BCUT2D eigenvalue weighted by molar-refractivity contribution is 5.81. The fraction of sp³-hybridized carbons (Fsp3) is 0.800. The van der Waals surface area contributed by atoms with Crippen molar-refractivity contribution in [2.45, 2.75) is 26.1 Å². The summed E-state index contributed by atoms with van der Waals surface area (Å²) in [6.07, 6.45) is -1.78. The second kappa shape index (κ2) is 4.60. The Kier molecular flexibility index (Phi) is 3.66. The van der Waals surface area contributed by atoms with Gasteiger partial charge in [-0.1, -0.05) is 13.8 Å². The third-order valence-electron chi connectivity index (χ3n) is 2.64. The van der Waals surface area contributed by atoms with Crippen molar-refractivity contribution < 1.29 is 15.0 Å². The molecule has 0 aromatic carbocycles. The van der Waals surface area contributed by atoms with E-state index < -0.39 is 18.1 Å². The number of carbonyl (C=O) groups is 1. The Bertz CT molecular complexity index is 275. The molecule has 1 aliphatic heterocycles. The third kappa shape index (κ3) is 2.46. The lowest BCUT2D eigenvalue weighted by atomic mass is 9.96. The van der Waals surface area contributed by atoms with Gasteiger partial charge in [0.05, 0.1) is 18.3 Å². The van der Waals surface area contributed by atoms with E-state index in [9.17, 15) is 15.0 Å². The second-order valence-electron chi connectivity index (χ2n) is 4.23. The minimum atomic E-state index is -0.888. The van der Waals surface area contributed by atoms with Crippen LogP contribution in [0.4, 0.5) is 0 Å². The van der Waals surface area contributed by atoms with Gasteiger partial charge in [0.25, 0.3) is 0 Å². The fourth-order valence-corrected chi connectivity index (χ4v) is 1.64. The number of hydrogen-bond donors (Lipinski definition) is 2. The summed E-state index contributed by atoms with van der Waals surface area (Å²) in [5.74, 6) is -1.05. The predicted octanol–water partition coefficient (Wildman–Crippen LogP) is -0.654. The Morgan fingerprint density at radius 2 is 1.87 bits per heavy atom. The number of β-amino-alcohol motifs (C(OH)–C–C–N with tert-alkyl or cyclic N) is 2. The van der Waals surface area contributed by atoms with Crippen LogP contribution in [0.3, 0.4) is 0 Å². The molecule has 3 unspecified atom stereocenters. The van der Waals surface area contributed by atoms with E-state index >= 15 is 0 Å². The van der Waals surface area contributed by atoms with E-state index in [1.165, 1.54) is 4.90 Å². The number of aliphatic hydroxyl groups excluding tert-OH is 2. The maximum absolute atomic E-state index is 11.8. The number of likely N-dealkylation sites (tertiary alicyclic amines) is 1. The zero-order chi connectivity index (χ0) is 11.6.